The first-order valence-corrected chi connectivity index (χ1v) is 11.1. The molecule has 1 unspecified atom stereocenters. The molecule has 0 spiro atoms. The van der Waals surface area contributed by atoms with E-state index in [0.29, 0.717) is 30.0 Å². The van der Waals surface area contributed by atoms with Crippen LogP contribution in [0, 0.1) is 0 Å². The van der Waals surface area contributed by atoms with E-state index in [0.717, 1.165) is 15.9 Å². The van der Waals surface area contributed by atoms with Crippen molar-refractivity contribution >= 4 is 50.6 Å². The summed E-state index contributed by atoms with van der Waals surface area (Å²) in [6, 6.07) is 7.93. The quantitative estimate of drug-likeness (QED) is 0.402. The molecule has 3 aromatic rings. The molecular weight excluding hydrogens is 412 g/mol. The average molecular weight is 441 g/mol. The molecule has 0 bridgehead atoms. The fourth-order valence-corrected chi connectivity index (χ4v) is 3.85. The smallest absolute Gasteiger partial charge is 0.254 e. The monoisotopic (exact) mass is 440 g/mol. The van der Waals surface area contributed by atoms with Crippen LogP contribution in [0.25, 0.3) is 10.2 Å². The zero-order valence-corrected chi connectivity index (χ0v) is 19.0. The van der Waals surface area contributed by atoms with Gasteiger partial charge >= 0.3 is 0 Å². The summed E-state index contributed by atoms with van der Waals surface area (Å²) in [6.07, 6.45) is 2.22. The van der Waals surface area contributed by atoms with Crippen molar-refractivity contribution in [3.8, 4) is 0 Å². The lowest BCUT2D eigenvalue weighted by molar-refractivity contribution is -0.119. The van der Waals surface area contributed by atoms with Crippen molar-refractivity contribution in [2.75, 3.05) is 17.2 Å². The van der Waals surface area contributed by atoms with Gasteiger partial charge in [0.2, 0.25) is 5.91 Å². The Morgan fingerprint density at radius 2 is 1.94 bits per heavy atom. The maximum Gasteiger partial charge on any atom is 0.254 e. The standard InChI is InChI=1S/C22H28N6O2S/c1-13(2)26-19-10-21(28-16-5-6-18-20(9-16)31-12-25-18)24-11-17(19)22(30)23-8-7-14(3)27-15(4)29/h5-6,9-14H,7-8H2,1-4H3,(H,23,30)(H,27,29)(H2,24,26,28). The van der Waals surface area contributed by atoms with Gasteiger partial charge in [0, 0.05) is 43.5 Å². The number of amides is 2. The van der Waals surface area contributed by atoms with Gasteiger partial charge in [0.15, 0.2) is 0 Å². The summed E-state index contributed by atoms with van der Waals surface area (Å²) in [6.45, 7) is 7.88. The zero-order chi connectivity index (χ0) is 22.4. The van der Waals surface area contributed by atoms with Gasteiger partial charge in [0.05, 0.1) is 27.0 Å². The number of thiazole rings is 1. The van der Waals surface area contributed by atoms with Crippen molar-refractivity contribution in [1.82, 2.24) is 20.6 Å². The van der Waals surface area contributed by atoms with Crippen LogP contribution in [-0.2, 0) is 4.79 Å². The van der Waals surface area contributed by atoms with Gasteiger partial charge < -0.3 is 21.3 Å². The summed E-state index contributed by atoms with van der Waals surface area (Å²) in [5.74, 6) is 0.357. The molecule has 2 aromatic heterocycles. The molecule has 1 aromatic carbocycles. The van der Waals surface area contributed by atoms with E-state index in [1.54, 1.807) is 17.5 Å². The summed E-state index contributed by atoms with van der Waals surface area (Å²) >= 11 is 1.58. The fraction of sp³-hybridized carbons (Fsp3) is 0.364. The first-order chi connectivity index (χ1) is 14.8. The summed E-state index contributed by atoms with van der Waals surface area (Å²) in [5.41, 5.74) is 4.87. The minimum absolute atomic E-state index is 0.00774. The Morgan fingerprint density at radius 3 is 2.68 bits per heavy atom. The van der Waals surface area contributed by atoms with Gasteiger partial charge in [-0.05, 0) is 45.4 Å². The van der Waals surface area contributed by atoms with Crippen molar-refractivity contribution in [3.05, 3.63) is 41.5 Å². The SMILES string of the molecule is CC(=O)NC(C)CCNC(=O)c1cnc(Nc2ccc3ncsc3c2)cc1NC(C)C. The molecule has 0 aliphatic heterocycles. The lowest BCUT2D eigenvalue weighted by atomic mass is 10.1. The van der Waals surface area contributed by atoms with Crippen LogP contribution in [0.5, 0.6) is 0 Å². The predicted molar refractivity (Wildman–Crippen MR) is 126 cm³/mol. The molecule has 0 radical (unpaired) electrons. The number of nitrogens with zero attached hydrogens (tertiary/aromatic N) is 2. The number of hydrogen-bond donors (Lipinski definition) is 4. The van der Waals surface area contributed by atoms with E-state index >= 15 is 0 Å². The third-order valence-corrected chi connectivity index (χ3v) is 5.30. The molecule has 3 rings (SSSR count). The molecule has 164 valence electrons. The molecule has 31 heavy (non-hydrogen) atoms. The van der Waals surface area contributed by atoms with Gasteiger partial charge in [-0.3, -0.25) is 9.59 Å². The molecule has 0 aliphatic carbocycles. The van der Waals surface area contributed by atoms with Crippen LogP contribution in [0.15, 0.2) is 36.0 Å². The molecule has 0 aliphatic rings. The van der Waals surface area contributed by atoms with Crippen LogP contribution >= 0.6 is 11.3 Å². The largest absolute Gasteiger partial charge is 0.382 e. The van der Waals surface area contributed by atoms with Crippen LogP contribution in [-0.4, -0.2) is 40.4 Å². The van der Waals surface area contributed by atoms with Crippen LogP contribution in [0.4, 0.5) is 17.2 Å². The predicted octanol–water partition coefficient (Wildman–Crippen LogP) is 3.90. The van der Waals surface area contributed by atoms with Crippen LogP contribution in [0.3, 0.4) is 0 Å². The van der Waals surface area contributed by atoms with Crippen molar-refractivity contribution < 1.29 is 9.59 Å². The Balaban J connectivity index is 1.71. The van der Waals surface area contributed by atoms with E-state index in [-0.39, 0.29) is 23.9 Å². The molecule has 2 heterocycles. The third-order valence-electron chi connectivity index (χ3n) is 4.51. The normalized spacial score (nSPS) is 11.9. The topological polar surface area (TPSA) is 108 Å². The summed E-state index contributed by atoms with van der Waals surface area (Å²) < 4.78 is 1.09. The summed E-state index contributed by atoms with van der Waals surface area (Å²) in [5, 5.41) is 12.3. The Bertz CT molecular complexity index is 1070. The maximum atomic E-state index is 12.7. The fourth-order valence-electron chi connectivity index (χ4n) is 3.13. The number of carbonyl (C=O) groups excluding carboxylic acids is 2. The Hall–Kier alpha value is -3.20. The first kappa shape index (κ1) is 22.5. The number of benzene rings is 1. The maximum absolute atomic E-state index is 12.7. The lowest BCUT2D eigenvalue weighted by Gasteiger charge is -2.17. The summed E-state index contributed by atoms with van der Waals surface area (Å²) in [4.78, 5) is 32.6. The molecule has 1 atom stereocenters. The lowest BCUT2D eigenvalue weighted by Crippen LogP contribution is -2.35. The van der Waals surface area contributed by atoms with Crippen LogP contribution in [0.1, 0.15) is 44.5 Å². The number of rotatable bonds is 9. The molecule has 8 nitrogen and oxygen atoms in total. The minimum atomic E-state index is -0.205. The second-order valence-electron chi connectivity index (χ2n) is 7.72. The Labute approximate surface area is 185 Å². The van der Waals surface area contributed by atoms with E-state index in [4.69, 9.17) is 0 Å². The molecule has 2 amide bonds. The van der Waals surface area contributed by atoms with E-state index < -0.39 is 0 Å². The van der Waals surface area contributed by atoms with Gasteiger partial charge in [-0.15, -0.1) is 11.3 Å². The van der Waals surface area contributed by atoms with E-state index in [2.05, 4.69) is 31.2 Å². The number of nitrogens with one attached hydrogen (secondary N) is 4. The van der Waals surface area contributed by atoms with E-state index in [1.165, 1.54) is 6.92 Å². The van der Waals surface area contributed by atoms with Gasteiger partial charge in [-0.25, -0.2) is 9.97 Å². The molecule has 0 saturated carbocycles. The van der Waals surface area contributed by atoms with Crippen LogP contribution in [0.2, 0.25) is 0 Å². The number of aromatic nitrogens is 2. The van der Waals surface area contributed by atoms with E-state index in [1.807, 2.05) is 50.5 Å². The Kier molecular flexibility index (Phi) is 7.41. The molecule has 0 saturated heterocycles. The second kappa shape index (κ2) is 10.2. The number of pyridine rings is 1. The van der Waals surface area contributed by atoms with Gasteiger partial charge in [0.25, 0.3) is 5.91 Å². The average Bonchev–Trinajstić information content (AvgIpc) is 3.15. The number of hydrogen-bond acceptors (Lipinski definition) is 7. The number of anilines is 3. The summed E-state index contributed by atoms with van der Waals surface area (Å²) in [7, 11) is 0. The first-order valence-electron chi connectivity index (χ1n) is 10.2. The molecular formula is C22H28N6O2S. The third kappa shape index (κ3) is 6.39. The van der Waals surface area contributed by atoms with Gasteiger partial charge in [-0.1, -0.05) is 0 Å². The number of fused-ring (bicyclic) bond motifs is 1. The highest BCUT2D eigenvalue weighted by atomic mass is 32.1. The minimum Gasteiger partial charge on any atom is -0.382 e. The van der Waals surface area contributed by atoms with Gasteiger partial charge in [-0.2, -0.15) is 0 Å². The highest BCUT2D eigenvalue weighted by molar-refractivity contribution is 7.16. The van der Waals surface area contributed by atoms with Crippen molar-refractivity contribution in [2.24, 2.45) is 0 Å². The second-order valence-corrected chi connectivity index (χ2v) is 8.61. The van der Waals surface area contributed by atoms with Crippen LogP contribution < -0.4 is 21.3 Å². The highest BCUT2D eigenvalue weighted by Gasteiger charge is 2.15. The van der Waals surface area contributed by atoms with Gasteiger partial charge in [0.1, 0.15) is 5.82 Å². The molecule has 9 heteroatoms. The Morgan fingerprint density at radius 1 is 1.13 bits per heavy atom. The zero-order valence-electron chi connectivity index (χ0n) is 18.2. The molecule has 0 fully saturated rings. The highest BCUT2D eigenvalue weighted by Crippen LogP contribution is 2.26. The van der Waals surface area contributed by atoms with Crippen molar-refractivity contribution in [2.45, 2.75) is 46.2 Å². The van der Waals surface area contributed by atoms with E-state index in [9.17, 15) is 9.59 Å². The number of carbonyl (C=O) groups is 2. The molecule has 4 N–H and O–H groups in total. The van der Waals surface area contributed by atoms with Crippen molar-refractivity contribution in [3.63, 3.8) is 0 Å². The van der Waals surface area contributed by atoms with Crippen molar-refractivity contribution in [1.29, 1.82) is 0 Å².